The van der Waals surface area contributed by atoms with E-state index in [0.717, 1.165) is 5.75 Å². The first kappa shape index (κ1) is 9.67. The molecule has 0 N–H and O–H groups in total. The topological polar surface area (TPSA) is 9.23 Å². The molecular formula is C14H12OS. The summed E-state index contributed by atoms with van der Waals surface area (Å²) in [6.45, 7) is 2.09. The molecule has 0 bridgehead atoms. The van der Waals surface area contributed by atoms with Gasteiger partial charge in [-0.25, -0.2) is 0 Å². The predicted molar refractivity (Wildman–Crippen MR) is 70.6 cm³/mol. The van der Waals surface area contributed by atoms with Gasteiger partial charge in [0.2, 0.25) is 0 Å². The Hall–Kier alpha value is -1.54. The smallest absolute Gasteiger partial charge is 0.123 e. The molecule has 0 spiro atoms. The summed E-state index contributed by atoms with van der Waals surface area (Å²) in [6, 6.07) is 12.9. The minimum absolute atomic E-state index is 0.971. The first-order valence-electron chi connectivity index (χ1n) is 5.25. The van der Waals surface area contributed by atoms with E-state index in [2.05, 4.69) is 43.3 Å². The van der Waals surface area contributed by atoms with E-state index >= 15 is 0 Å². The minimum Gasteiger partial charge on any atom is -0.496 e. The molecule has 0 fully saturated rings. The van der Waals surface area contributed by atoms with Crippen molar-refractivity contribution < 1.29 is 4.74 Å². The molecule has 0 aliphatic heterocycles. The van der Waals surface area contributed by atoms with E-state index in [-0.39, 0.29) is 0 Å². The summed E-state index contributed by atoms with van der Waals surface area (Å²) in [4.78, 5) is 0. The van der Waals surface area contributed by atoms with Crippen molar-refractivity contribution in [2.24, 2.45) is 0 Å². The Bertz CT molecular complexity index is 667. The van der Waals surface area contributed by atoms with Gasteiger partial charge in [0.05, 0.1) is 7.11 Å². The van der Waals surface area contributed by atoms with Crippen LogP contribution in [0.25, 0.3) is 20.2 Å². The average molecular weight is 228 g/mol. The molecular weight excluding hydrogens is 216 g/mol. The van der Waals surface area contributed by atoms with E-state index in [4.69, 9.17) is 4.74 Å². The molecule has 0 unspecified atom stereocenters. The molecule has 16 heavy (non-hydrogen) atoms. The van der Waals surface area contributed by atoms with Crippen LogP contribution >= 0.6 is 11.3 Å². The van der Waals surface area contributed by atoms with Crippen molar-refractivity contribution >= 4 is 31.5 Å². The van der Waals surface area contributed by atoms with Gasteiger partial charge in [-0.15, -0.1) is 11.3 Å². The largest absolute Gasteiger partial charge is 0.496 e. The molecule has 0 radical (unpaired) electrons. The second-order valence-corrected chi connectivity index (χ2v) is 5.00. The molecule has 0 saturated carbocycles. The van der Waals surface area contributed by atoms with Crippen LogP contribution in [0.3, 0.4) is 0 Å². The monoisotopic (exact) mass is 228 g/mol. The van der Waals surface area contributed by atoms with Crippen LogP contribution < -0.4 is 4.74 Å². The van der Waals surface area contributed by atoms with Crippen molar-refractivity contribution in [2.75, 3.05) is 7.11 Å². The summed E-state index contributed by atoms with van der Waals surface area (Å²) in [5, 5.41) is 2.67. The first-order chi connectivity index (χ1) is 7.79. The summed E-state index contributed by atoms with van der Waals surface area (Å²) in [6.07, 6.45) is 0. The van der Waals surface area contributed by atoms with Crippen molar-refractivity contribution in [1.82, 2.24) is 0 Å². The number of methoxy groups -OCH3 is 1. The third-order valence-corrected chi connectivity index (χ3v) is 4.03. The fourth-order valence-corrected chi connectivity index (χ4v) is 3.20. The second-order valence-electron chi connectivity index (χ2n) is 3.92. The molecule has 0 aliphatic rings. The Morgan fingerprint density at radius 1 is 1.00 bits per heavy atom. The fraction of sp³-hybridized carbons (Fsp3) is 0.143. The van der Waals surface area contributed by atoms with Crippen LogP contribution in [0.1, 0.15) is 5.56 Å². The normalized spacial score (nSPS) is 11.1. The predicted octanol–water partition coefficient (Wildman–Crippen LogP) is 4.37. The third-order valence-electron chi connectivity index (χ3n) is 2.89. The first-order valence-corrected chi connectivity index (χ1v) is 6.07. The SMILES string of the molecule is COc1cc2sc3ccccc3c2cc1C. The van der Waals surface area contributed by atoms with E-state index < -0.39 is 0 Å². The highest BCUT2D eigenvalue weighted by Gasteiger charge is 2.07. The van der Waals surface area contributed by atoms with E-state index in [1.807, 2.05) is 11.3 Å². The molecule has 80 valence electrons. The number of hydrogen-bond donors (Lipinski definition) is 0. The summed E-state index contributed by atoms with van der Waals surface area (Å²) < 4.78 is 7.99. The number of hydrogen-bond acceptors (Lipinski definition) is 2. The van der Waals surface area contributed by atoms with Gasteiger partial charge in [0.25, 0.3) is 0 Å². The van der Waals surface area contributed by atoms with Gasteiger partial charge in [0.15, 0.2) is 0 Å². The number of ether oxygens (including phenoxy) is 1. The zero-order valence-electron chi connectivity index (χ0n) is 9.28. The maximum Gasteiger partial charge on any atom is 0.123 e. The van der Waals surface area contributed by atoms with Crippen LogP contribution in [0.15, 0.2) is 36.4 Å². The Labute approximate surface area is 98.3 Å². The lowest BCUT2D eigenvalue weighted by Crippen LogP contribution is -1.85. The van der Waals surface area contributed by atoms with E-state index in [1.165, 1.54) is 25.7 Å². The van der Waals surface area contributed by atoms with Gasteiger partial charge in [-0.3, -0.25) is 0 Å². The number of thiophene rings is 1. The highest BCUT2D eigenvalue weighted by atomic mass is 32.1. The Morgan fingerprint density at radius 3 is 2.62 bits per heavy atom. The molecule has 2 aromatic carbocycles. The van der Waals surface area contributed by atoms with Gasteiger partial charge in [-0.05, 0) is 30.7 Å². The zero-order chi connectivity index (χ0) is 11.1. The lowest BCUT2D eigenvalue weighted by molar-refractivity contribution is 0.412. The highest BCUT2D eigenvalue weighted by Crippen LogP contribution is 2.37. The van der Waals surface area contributed by atoms with Crippen LogP contribution in [0, 0.1) is 6.92 Å². The van der Waals surface area contributed by atoms with E-state index in [1.54, 1.807) is 7.11 Å². The molecule has 1 aromatic heterocycles. The molecule has 0 atom stereocenters. The number of aryl methyl sites for hydroxylation is 1. The van der Waals surface area contributed by atoms with Gasteiger partial charge in [-0.2, -0.15) is 0 Å². The number of benzene rings is 2. The molecule has 0 saturated heterocycles. The molecule has 1 heterocycles. The maximum atomic E-state index is 5.36. The second kappa shape index (κ2) is 3.49. The Morgan fingerprint density at radius 2 is 1.81 bits per heavy atom. The Kier molecular flexibility index (Phi) is 2.11. The van der Waals surface area contributed by atoms with E-state index in [9.17, 15) is 0 Å². The van der Waals surface area contributed by atoms with Gasteiger partial charge in [0.1, 0.15) is 5.75 Å². The number of rotatable bonds is 1. The molecule has 1 nitrogen and oxygen atoms in total. The molecule has 3 aromatic rings. The summed E-state index contributed by atoms with van der Waals surface area (Å²) >= 11 is 1.82. The van der Waals surface area contributed by atoms with Gasteiger partial charge >= 0.3 is 0 Å². The third kappa shape index (κ3) is 1.30. The lowest BCUT2D eigenvalue weighted by atomic mass is 10.1. The van der Waals surface area contributed by atoms with Crippen LogP contribution in [-0.2, 0) is 0 Å². The van der Waals surface area contributed by atoms with Crippen LogP contribution in [0.5, 0.6) is 5.75 Å². The fourth-order valence-electron chi connectivity index (χ4n) is 2.08. The van der Waals surface area contributed by atoms with Crippen molar-refractivity contribution in [3.05, 3.63) is 42.0 Å². The molecule has 0 amide bonds. The number of fused-ring (bicyclic) bond motifs is 3. The summed E-state index contributed by atoms with van der Waals surface area (Å²) in [5.74, 6) is 0.971. The lowest BCUT2D eigenvalue weighted by Gasteiger charge is -2.03. The van der Waals surface area contributed by atoms with Gasteiger partial charge in [-0.1, -0.05) is 18.2 Å². The quantitative estimate of drug-likeness (QED) is 0.601. The van der Waals surface area contributed by atoms with Crippen molar-refractivity contribution in [1.29, 1.82) is 0 Å². The summed E-state index contributed by atoms with van der Waals surface area (Å²) in [5.41, 5.74) is 1.19. The average Bonchev–Trinajstić information content (AvgIpc) is 2.66. The van der Waals surface area contributed by atoms with Crippen molar-refractivity contribution in [3.63, 3.8) is 0 Å². The molecule has 0 aliphatic carbocycles. The summed E-state index contributed by atoms with van der Waals surface area (Å²) in [7, 11) is 1.72. The van der Waals surface area contributed by atoms with Crippen molar-refractivity contribution in [2.45, 2.75) is 6.92 Å². The van der Waals surface area contributed by atoms with Gasteiger partial charge < -0.3 is 4.74 Å². The van der Waals surface area contributed by atoms with Gasteiger partial charge in [0, 0.05) is 20.2 Å². The maximum absolute atomic E-state index is 5.36. The molecule has 3 rings (SSSR count). The molecule has 2 heteroatoms. The Balaban J connectivity index is 2.46. The van der Waals surface area contributed by atoms with Crippen LogP contribution in [0.4, 0.5) is 0 Å². The van der Waals surface area contributed by atoms with Crippen molar-refractivity contribution in [3.8, 4) is 5.75 Å². The van der Waals surface area contributed by atoms with Crippen LogP contribution in [0.2, 0.25) is 0 Å². The zero-order valence-corrected chi connectivity index (χ0v) is 10.1. The van der Waals surface area contributed by atoms with Crippen LogP contribution in [-0.4, -0.2) is 7.11 Å². The highest BCUT2D eigenvalue weighted by molar-refractivity contribution is 7.25. The minimum atomic E-state index is 0.971. The van der Waals surface area contributed by atoms with E-state index in [0.29, 0.717) is 0 Å². The standard InChI is InChI=1S/C14H12OS/c1-9-7-11-10-5-3-4-6-13(10)16-14(11)8-12(9)15-2/h3-8H,1-2H3.